The number of ether oxygens (including phenoxy) is 3. The molecule has 2 atom stereocenters. The van der Waals surface area contributed by atoms with Crippen LogP contribution >= 0.6 is 0 Å². The molecule has 2 unspecified atom stereocenters. The summed E-state index contributed by atoms with van der Waals surface area (Å²) in [7, 11) is 1.34. The van der Waals surface area contributed by atoms with E-state index >= 15 is 0 Å². The standard InChI is InChI=1S/C25H23FO3.C24H21FO3.CH4/c1-28-25(27)16-29-23-7-2-4-17(13-23)12-21-11-9-18-8-10-20(15-24(18)21)19-5-3-6-22(26)14-19;25-21-5-2-4-18(13-21)19-9-7-17-8-10-20(23(17)14-19)11-16-3-1-6-22(12-16)28-15-24(26)27;/h2-8,10,13-15,21H,9,11-12,16H2,1H3;1-7,9,12-14,20H,8,10-11,15H2,(H,26,27);1H4. The Kier molecular flexibility index (Phi) is 13.7. The molecule has 8 rings (SSSR count). The third-order valence-electron chi connectivity index (χ3n) is 10.7. The largest absolute Gasteiger partial charge is 0.482 e. The van der Waals surface area contributed by atoms with Gasteiger partial charge in [-0.2, -0.15) is 0 Å². The summed E-state index contributed by atoms with van der Waals surface area (Å²) in [5.74, 6) is 0.208. The zero-order valence-electron chi connectivity index (χ0n) is 31.8. The molecule has 0 radical (unpaired) electrons. The number of esters is 1. The number of benzene rings is 6. The van der Waals surface area contributed by atoms with Crippen molar-refractivity contribution < 1.29 is 37.7 Å². The topological polar surface area (TPSA) is 82.1 Å². The van der Waals surface area contributed by atoms with E-state index in [2.05, 4.69) is 47.2 Å². The Morgan fingerprint density at radius 2 is 1.03 bits per heavy atom. The molecular formula is C50H48F2O6. The molecule has 0 amide bonds. The molecule has 6 aromatic carbocycles. The minimum absolute atomic E-state index is 0. The molecule has 0 saturated heterocycles. The maximum atomic E-state index is 13.6. The summed E-state index contributed by atoms with van der Waals surface area (Å²) < 4.78 is 42.6. The molecular weight excluding hydrogens is 735 g/mol. The van der Waals surface area contributed by atoms with E-state index < -0.39 is 11.9 Å². The molecule has 1 N–H and O–H groups in total. The molecule has 298 valence electrons. The van der Waals surface area contributed by atoms with Gasteiger partial charge in [-0.05, 0) is 155 Å². The number of fused-ring (bicyclic) bond motifs is 2. The minimum atomic E-state index is -0.986. The van der Waals surface area contributed by atoms with E-state index in [0.717, 1.165) is 66.3 Å². The normalized spacial score (nSPS) is 14.9. The van der Waals surface area contributed by atoms with E-state index in [1.54, 1.807) is 30.3 Å². The lowest BCUT2D eigenvalue weighted by atomic mass is 9.91. The summed E-state index contributed by atoms with van der Waals surface area (Å²) in [6, 6.07) is 41.8. The lowest BCUT2D eigenvalue weighted by molar-refractivity contribution is -0.143. The van der Waals surface area contributed by atoms with Crippen LogP contribution in [0.1, 0.15) is 65.5 Å². The predicted octanol–water partition coefficient (Wildman–Crippen LogP) is 11.2. The van der Waals surface area contributed by atoms with Crippen molar-refractivity contribution in [2.75, 3.05) is 20.3 Å². The number of rotatable bonds is 12. The first-order valence-corrected chi connectivity index (χ1v) is 19.2. The number of halogens is 2. The Morgan fingerprint density at radius 1 is 0.586 bits per heavy atom. The quantitative estimate of drug-likeness (QED) is 0.125. The Morgan fingerprint density at radius 3 is 1.48 bits per heavy atom. The van der Waals surface area contributed by atoms with Crippen LogP contribution in [0.25, 0.3) is 22.3 Å². The number of hydrogen-bond acceptors (Lipinski definition) is 5. The SMILES string of the molecule is C.COC(=O)COc1cccc(CC2CCc3ccc(-c4cccc(F)c4)cc32)c1.O=C(O)COc1cccc(CC2CCc3ccc(-c4cccc(F)c4)cc32)c1. The van der Waals surface area contributed by atoms with Gasteiger partial charge in [-0.15, -0.1) is 0 Å². The van der Waals surface area contributed by atoms with Crippen LogP contribution in [0.2, 0.25) is 0 Å². The molecule has 0 aromatic heterocycles. The van der Waals surface area contributed by atoms with E-state index in [1.165, 1.54) is 47.1 Å². The number of carbonyl (C=O) groups is 2. The third kappa shape index (κ3) is 10.6. The highest BCUT2D eigenvalue weighted by Crippen LogP contribution is 2.40. The average Bonchev–Trinajstić information content (AvgIpc) is 3.82. The highest BCUT2D eigenvalue weighted by molar-refractivity contribution is 5.71. The van der Waals surface area contributed by atoms with E-state index in [4.69, 9.17) is 14.6 Å². The molecule has 8 heteroatoms. The number of aliphatic carboxylic acids is 1. The van der Waals surface area contributed by atoms with Crippen LogP contribution in [0.4, 0.5) is 8.78 Å². The molecule has 0 saturated carbocycles. The van der Waals surface area contributed by atoms with Gasteiger partial charge in [0.25, 0.3) is 0 Å². The van der Waals surface area contributed by atoms with Crippen molar-refractivity contribution in [1.82, 2.24) is 0 Å². The first kappa shape index (κ1) is 41.4. The van der Waals surface area contributed by atoms with E-state index in [-0.39, 0.29) is 32.3 Å². The molecule has 0 spiro atoms. The van der Waals surface area contributed by atoms with Gasteiger partial charge in [-0.1, -0.05) is 92.4 Å². The summed E-state index contributed by atoms with van der Waals surface area (Å²) >= 11 is 0. The summed E-state index contributed by atoms with van der Waals surface area (Å²) in [5, 5.41) is 8.77. The minimum Gasteiger partial charge on any atom is -0.482 e. The van der Waals surface area contributed by atoms with Crippen molar-refractivity contribution in [3.8, 4) is 33.8 Å². The van der Waals surface area contributed by atoms with Crippen molar-refractivity contribution in [1.29, 1.82) is 0 Å². The summed E-state index contributed by atoms with van der Waals surface area (Å²) in [4.78, 5) is 22.0. The zero-order chi connectivity index (χ0) is 39.7. The second-order valence-corrected chi connectivity index (χ2v) is 14.6. The number of carboxylic acid groups (broad SMARTS) is 1. The van der Waals surface area contributed by atoms with Gasteiger partial charge in [0.1, 0.15) is 23.1 Å². The number of hydrogen-bond donors (Lipinski definition) is 1. The third-order valence-corrected chi connectivity index (χ3v) is 10.7. The molecule has 2 aliphatic carbocycles. The van der Waals surface area contributed by atoms with Crippen molar-refractivity contribution in [3.63, 3.8) is 0 Å². The molecule has 0 fully saturated rings. The lowest BCUT2D eigenvalue weighted by Gasteiger charge is -2.14. The predicted molar refractivity (Wildman–Crippen MR) is 223 cm³/mol. The smallest absolute Gasteiger partial charge is 0.343 e. The van der Waals surface area contributed by atoms with Crippen molar-refractivity contribution >= 4 is 11.9 Å². The average molecular weight is 783 g/mol. The van der Waals surface area contributed by atoms with Gasteiger partial charge < -0.3 is 19.3 Å². The highest BCUT2D eigenvalue weighted by Gasteiger charge is 2.25. The van der Waals surface area contributed by atoms with Crippen LogP contribution in [0.3, 0.4) is 0 Å². The monoisotopic (exact) mass is 782 g/mol. The van der Waals surface area contributed by atoms with Crippen LogP contribution < -0.4 is 9.47 Å². The van der Waals surface area contributed by atoms with Gasteiger partial charge >= 0.3 is 11.9 Å². The number of aryl methyl sites for hydroxylation is 2. The van der Waals surface area contributed by atoms with Crippen LogP contribution in [0.5, 0.6) is 11.5 Å². The Hall–Kier alpha value is -6.28. The summed E-state index contributed by atoms with van der Waals surface area (Å²) in [6.07, 6.45) is 6.02. The Bertz CT molecular complexity index is 2370. The molecule has 6 aromatic rings. The van der Waals surface area contributed by atoms with Gasteiger partial charge in [0.05, 0.1) is 7.11 Å². The van der Waals surface area contributed by atoms with Crippen molar-refractivity contribution in [3.05, 3.63) is 178 Å². The van der Waals surface area contributed by atoms with Crippen LogP contribution in [0.15, 0.2) is 133 Å². The van der Waals surface area contributed by atoms with Gasteiger partial charge in [-0.3, -0.25) is 0 Å². The van der Waals surface area contributed by atoms with Gasteiger partial charge in [-0.25, -0.2) is 18.4 Å². The van der Waals surface area contributed by atoms with Gasteiger partial charge in [0.15, 0.2) is 13.2 Å². The molecule has 6 nitrogen and oxygen atoms in total. The molecule has 0 heterocycles. The number of carbonyl (C=O) groups excluding carboxylic acids is 1. The first-order valence-electron chi connectivity index (χ1n) is 19.2. The van der Waals surface area contributed by atoms with Gasteiger partial charge in [0.2, 0.25) is 0 Å². The molecule has 0 aliphatic heterocycles. The van der Waals surface area contributed by atoms with Crippen molar-refractivity contribution in [2.24, 2.45) is 0 Å². The van der Waals surface area contributed by atoms with Gasteiger partial charge in [0, 0.05) is 0 Å². The van der Waals surface area contributed by atoms with E-state index in [9.17, 15) is 18.4 Å². The zero-order valence-corrected chi connectivity index (χ0v) is 31.8. The van der Waals surface area contributed by atoms with Crippen molar-refractivity contribution in [2.45, 2.75) is 57.8 Å². The fourth-order valence-corrected chi connectivity index (χ4v) is 7.93. The Balaban J connectivity index is 0.000000192. The number of methoxy groups -OCH3 is 1. The van der Waals surface area contributed by atoms with Crippen LogP contribution in [-0.4, -0.2) is 37.4 Å². The fraction of sp³-hybridized carbons (Fsp3) is 0.240. The number of carboxylic acids is 1. The highest BCUT2D eigenvalue weighted by atomic mass is 19.1. The fourth-order valence-electron chi connectivity index (χ4n) is 7.93. The summed E-state index contributed by atoms with van der Waals surface area (Å²) in [6.45, 7) is -0.435. The lowest BCUT2D eigenvalue weighted by Crippen LogP contribution is -2.12. The molecule has 0 bridgehead atoms. The van der Waals surface area contributed by atoms with E-state index in [0.29, 0.717) is 23.3 Å². The van der Waals surface area contributed by atoms with Crippen LogP contribution in [-0.2, 0) is 40.0 Å². The maximum absolute atomic E-state index is 13.6. The molecule has 2 aliphatic rings. The van der Waals surface area contributed by atoms with E-state index in [1.807, 2.05) is 48.5 Å². The van der Waals surface area contributed by atoms with Crippen LogP contribution in [0, 0.1) is 11.6 Å². The second kappa shape index (κ2) is 19.2. The Labute approximate surface area is 339 Å². The second-order valence-electron chi connectivity index (χ2n) is 14.6. The molecule has 58 heavy (non-hydrogen) atoms. The first-order chi connectivity index (χ1) is 27.7. The summed E-state index contributed by atoms with van der Waals surface area (Å²) in [5.41, 5.74) is 11.5. The maximum Gasteiger partial charge on any atom is 0.343 e.